The van der Waals surface area contributed by atoms with E-state index in [-0.39, 0.29) is 17.7 Å². The second-order valence-corrected chi connectivity index (χ2v) is 6.11. The minimum Gasteiger partial charge on any atom is -0.369 e. The fourth-order valence-electron chi connectivity index (χ4n) is 2.91. The number of likely N-dealkylation sites (N-methyl/N-ethyl adjacent to an activating group) is 1. The van der Waals surface area contributed by atoms with Crippen molar-refractivity contribution in [1.29, 1.82) is 0 Å². The van der Waals surface area contributed by atoms with Gasteiger partial charge in [-0.3, -0.25) is 14.7 Å². The second-order valence-electron chi connectivity index (χ2n) is 6.11. The smallest absolute Gasteiger partial charge is 0.223 e. The van der Waals surface area contributed by atoms with Gasteiger partial charge >= 0.3 is 0 Å². The van der Waals surface area contributed by atoms with Crippen molar-refractivity contribution < 1.29 is 9.59 Å². The van der Waals surface area contributed by atoms with E-state index in [9.17, 15) is 9.59 Å². The van der Waals surface area contributed by atoms with Crippen LogP contribution in [0.5, 0.6) is 0 Å². The lowest BCUT2D eigenvalue weighted by atomic mass is 10.1. The highest BCUT2D eigenvalue weighted by Gasteiger charge is 2.27. The average Bonchev–Trinajstić information content (AvgIpc) is 2.66. The maximum atomic E-state index is 12.5. The van der Waals surface area contributed by atoms with E-state index >= 15 is 0 Å². The quantitative estimate of drug-likeness (QED) is 0.807. The lowest BCUT2D eigenvalue weighted by Gasteiger charge is -2.22. The molecule has 0 unspecified atom stereocenters. The molecule has 0 radical (unpaired) electrons. The Morgan fingerprint density at radius 3 is 2.64 bits per heavy atom. The molecule has 1 saturated heterocycles. The van der Waals surface area contributed by atoms with E-state index in [1.165, 1.54) is 0 Å². The van der Waals surface area contributed by atoms with Crippen molar-refractivity contribution in [3.8, 4) is 0 Å². The summed E-state index contributed by atoms with van der Waals surface area (Å²) in [7, 11) is 1.95. The van der Waals surface area contributed by atoms with Gasteiger partial charge in [-0.1, -0.05) is 0 Å². The zero-order valence-electron chi connectivity index (χ0n) is 13.6. The first-order chi connectivity index (χ1) is 10.4. The van der Waals surface area contributed by atoms with Crippen LogP contribution in [-0.2, 0) is 16.0 Å². The molecular weight excluding hydrogens is 282 g/mol. The van der Waals surface area contributed by atoms with Gasteiger partial charge in [0.15, 0.2) is 0 Å². The molecule has 0 aliphatic carbocycles. The number of nitrogens with zero attached hydrogens (tertiary/aromatic N) is 3. The van der Waals surface area contributed by atoms with Crippen molar-refractivity contribution >= 4 is 11.8 Å². The van der Waals surface area contributed by atoms with E-state index in [2.05, 4.69) is 10.2 Å². The van der Waals surface area contributed by atoms with Gasteiger partial charge in [0.1, 0.15) is 0 Å². The van der Waals surface area contributed by atoms with Crippen LogP contribution >= 0.6 is 0 Å². The molecule has 1 aromatic rings. The zero-order valence-corrected chi connectivity index (χ0v) is 13.6. The summed E-state index contributed by atoms with van der Waals surface area (Å²) in [5, 5.41) is 7.08. The Hall–Kier alpha value is -1.89. The van der Waals surface area contributed by atoms with Crippen LogP contribution in [0.1, 0.15) is 23.4 Å². The third-order valence-electron chi connectivity index (χ3n) is 4.35. The van der Waals surface area contributed by atoms with E-state index in [1.54, 1.807) is 4.90 Å². The van der Waals surface area contributed by atoms with Gasteiger partial charge < -0.3 is 15.5 Å². The molecule has 1 aromatic heterocycles. The molecule has 0 bridgehead atoms. The normalized spacial score (nSPS) is 20.0. The molecule has 2 heterocycles. The fourth-order valence-corrected chi connectivity index (χ4v) is 2.91. The van der Waals surface area contributed by atoms with Gasteiger partial charge in [-0.2, -0.15) is 5.10 Å². The largest absolute Gasteiger partial charge is 0.369 e. The van der Waals surface area contributed by atoms with Crippen LogP contribution < -0.4 is 5.73 Å². The van der Waals surface area contributed by atoms with Crippen LogP contribution in [0.25, 0.3) is 0 Å². The number of aryl methyl sites for hydroxylation is 2. The van der Waals surface area contributed by atoms with Crippen LogP contribution in [0.3, 0.4) is 0 Å². The van der Waals surface area contributed by atoms with Crippen LogP contribution in [0.2, 0.25) is 0 Å². The SMILES string of the molecule is Cc1n[nH]c(C)c1CCC(=O)N1CCN(C)C[C@@H](C(N)=O)C1. The number of aromatic nitrogens is 2. The highest BCUT2D eigenvalue weighted by atomic mass is 16.2. The number of nitrogens with one attached hydrogen (secondary N) is 1. The molecule has 2 rings (SSSR count). The Bertz CT molecular complexity index is 535. The maximum absolute atomic E-state index is 12.5. The topological polar surface area (TPSA) is 95.3 Å². The number of carbonyl (C=O) groups is 2. The molecule has 3 N–H and O–H groups in total. The number of rotatable bonds is 4. The summed E-state index contributed by atoms with van der Waals surface area (Å²) < 4.78 is 0. The highest BCUT2D eigenvalue weighted by molar-refractivity contribution is 5.80. The molecule has 1 aliphatic heterocycles. The molecule has 0 saturated carbocycles. The number of amides is 2. The van der Waals surface area contributed by atoms with Gasteiger partial charge in [-0.25, -0.2) is 0 Å². The molecule has 7 heteroatoms. The Labute approximate surface area is 130 Å². The molecule has 122 valence electrons. The number of H-pyrrole nitrogens is 1. The molecule has 22 heavy (non-hydrogen) atoms. The number of hydrogen-bond acceptors (Lipinski definition) is 4. The Morgan fingerprint density at radius 2 is 2.05 bits per heavy atom. The Balaban J connectivity index is 1.97. The molecule has 1 fully saturated rings. The highest BCUT2D eigenvalue weighted by Crippen LogP contribution is 2.14. The van der Waals surface area contributed by atoms with Crippen LogP contribution in [0.15, 0.2) is 0 Å². The summed E-state index contributed by atoms with van der Waals surface area (Å²) in [4.78, 5) is 27.8. The van der Waals surface area contributed by atoms with E-state index in [1.807, 2.05) is 25.8 Å². The third-order valence-corrected chi connectivity index (χ3v) is 4.35. The number of carbonyl (C=O) groups excluding carboxylic acids is 2. The van der Waals surface area contributed by atoms with Gasteiger partial charge in [-0.15, -0.1) is 0 Å². The maximum Gasteiger partial charge on any atom is 0.223 e. The van der Waals surface area contributed by atoms with Gasteiger partial charge in [0.25, 0.3) is 0 Å². The van der Waals surface area contributed by atoms with Crippen molar-refractivity contribution in [3.05, 3.63) is 17.0 Å². The summed E-state index contributed by atoms with van der Waals surface area (Å²) in [6.07, 6.45) is 1.09. The van der Waals surface area contributed by atoms with Crippen molar-refractivity contribution in [2.45, 2.75) is 26.7 Å². The third kappa shape index (κ3) is 3.85. The van der Waals surface area contributed by atoms with Crippen molar-refractivity contribution in [1.82, 2.24) is 20.0 Å². The van der Waals surface area contributed by atoms with Crippen LogP contribution in [-0.4, -0.2) is 65.0 Å². The van der Waals surface area contributed by atoms with E-state index in [0.29, 0.717) is 32.5 Å². The van der Waals surface area contributed by atoms with Crippen molar-refractivity contribution in [3.63, 3.8) is 0 Å². The average molecular weight is 307 g/mol. The predicted molar refractivity (Wildman–Crippen MR) is 83.1 cm³/mol. The Kier molecular flexibility index (Phi) is 5.18. The minimum atomic E-state index is -0.340. The van der Waals surface area contributed by atoms with Crippen LogP contribution in [0, 0.1) is 19.8 Å². The summed E-state index contributed by atoms with van der Waals surface area (Å²) >= 11 is 0. The van der Waals surface area contributed by atoms with Crippen molar-refractivity contribution in [2.24, 2.45) is 11.7 Å². The monoisotopic (exact) mass is 307 g/mol. The number of aromatic amines is 1. The first kappa shape index (κ1) is 16.5. The minimum absolute atomic E-state index is 0.0709. The number of primary amides is 1. The van der Waals surface area contributed by atoms with Gasteiger partial charge in [0, 0.05) is 38.3 Å². The first-order valence-corrected chi connectivity index (χ1v) is 7.64. The van der Waals surface area contributed by atoms with Gasteiger partial charge in [0.2, 0.25) is 11.8 Å². The second kappa shape index (κ2) is 6.91. The summed E-state index contributed by atoms with van der Waals surface area (Å²) in [6.45, 7) is 6.33. The summed E-state index contributed by atoms with van der Waals surface area (Å²) in [5.41, 5.74) is 8.49. The molecule has 1 aliphatic rings. The lowest BCUT2D eigenvalue weighted by molar-refractivity contribution is -0.132. The number of hydrogen-bond donors (Lipinski definition) is 2. The Morgan fingerprint density at radius 1 is 1.32 bits per heavy atom. The molecule has 0 aromatic carbocycles. The molecule has 2 amide bonds. The fraction of sp³-hybridized carbons (Fsp3) is 0.667. The van der Waals surface area contributed by atoms with Crippen molar-refractivity contribution in [2.75, 3.05) is 33.2 Å². The molecule has 0 spiro atoms. The zero-order chi connectivity index (χ0) is 16.3. The predicted octanol–water partition coefficient (Wildman–Crippen LogP) is -0.165. The summed E-state index contributed by atoms with van der Waals surface area (Å²) in [6, 6.07) is 0. The van der Waals surface area contributed by atoms with E-state index in [0.717, 1.165) is 23.5 Å². The van der Waals surface area contributed by atoms with E-state index < -0.39 is 0 Å². The standard InChI is InChI=1S/C15H25N5O2/c1-10-13(11(2)18-17-10)4-5-14(21)20-7-6-19(3)8-12(9-20)15(16)22/h12H,4-9H2,1-3H3,(H2,16,22)(H,17,18)/t12-/m1/s1. The van der Waals surface area contributed by atoms with Gasteiger partial charge in [-0.05, 0) is 32.9 Å². The molecular formula is C15H25N5O2. The molecule has 7 nitrogen and oxygen atoms in total. The molecule has 1 atom stereocenters. The van der Waals surface area contributed by atoms with E-state index in [4.69, 9.17) is 5.73 Å². The van der Waals surface area contributed by atoms with Crippen LogP contribution in [0.4, 0.5) is 0 Å². The first-order valence-electron chi connectivity index (χ1n) is 7.64. The lowest BCUT2D eigenvalue weighted by Crippen LogP contribution is -2.40. The van der Waals surface area contributed by atoms with Gasteiger partial charge in [0.05, 0.1) is 11.6 Å². The number of nitrogens with two attached hydrogens (primary N) is 1. The summed E-state index contributed by atoms with van der Waals surface area (Å²) in [5.74, 6) is -0.566.